The molecule has 1 rings (SSSR count). The molecule has 0 amide bonds. The van der Waals surface area contributed by atoms with E-state index in [4.69, 9.17) is 5.73 Å². The molecule has 0 radical (unpaired) electrons. The molecule has 100 valence electrons. The van der Waals surface area contributed by atoms with E-state index in [1.165, 1.54) is 13.0 Å². The Labute approximate surface area is 105 Å². The lowest BCUT2D eigenvalue weighted by molar-refractivity contribution is -0.384. The second-order valence-corrected chi connectivity index (χ2v) is 5.89. The number of nitro groups is 1. The third-order valence-corrected chi connectivity index (χ3v) is 4.00. The van der Waals surface area contributed by atoms with Crippen LogP contribution in [0.4, 0.5) is 11.4 Å². The third kappa shape index (κ3) is 2.96. The maximum absolute atomic E-state index is 12.0. The Bertz CT molecular complexity index is 581. The van der Waals surface area contributed by atoms with Crippen LogP contribution < -0.4 is 10.5 Å². The van der Waals surface area contributed by atoms with Crippen LogP contribution in [0.15, 0.2) is 17.0 Å². The van der Waals surface area contributed by atoms with E-state index in [-0.39, 0.29) is 16.6 Å². The van der Waals surface area contributed by atoms with Crippen LogP contribution in [0.5, 0.6) is 0 Å². The van der Waals surface area contributed by atoms with E-state index in [2.05, 4.69) is 4.72 Å². The first-order chi connectivity index (χ1) is 8.15. The third-order valence-electron chi connectivity index (χ3n) is 2.20. The van der Waals surface area contributed by atoms with Crippen molar-refractivity contribution < 1.29 is 13.3 Å². The van der Waals surface area contributed by atoms with Gasteiger partial charge in [-0.05, 0) is 32.4 Å². The van der Waals surface area contributed by atoms with Gasteiger partial charge in [0.05, 0.1) is 9.82 Å². The summed E-state index contributed by atoms with van der Waals surface area (Å²) >= 11 is 0. The number of hydrogen-bond donors (Lipinski definition) is 2. The average molecular weight is 273 g/mol. The van der Waals surface area contributed by atoms with Gasteiger partial charge in [0.25, 0.3) is 5.69 Å². The van der Waals surface area contributed by atoms with Crippen LogP contribution in [0, 0.1) is 17.0 Å². The number of nitrogens with one attached hydrogen (secondary N) is 1. The van der Waals surface area contributed by atoms with Gasteiger partial charge in [-0.3, -0.25) is 10.1 Å². The predicted octanol–water partition coefficient (Wildman–Crippen LogP) is 1.17. The van der Waals surface area contributed by atoms with Crippen molar-refractivity contribution in [3.05, 3.63) is 27.8 Å². The number of nitro benzene ring substituents is 1. The van der Waals surface area contributed by atoms with Crippen molar-refractivity contribution in [2.75, 3.05) is 5.73 Å². The summed E-state index contributed by atoms with van der Waals surface area (Å²) in [5.41, 5.74) is 5.38. The van der Waals surface area contributed by atoms with E-state index < -0.39 is 20.6 Å². The van der Waals surface area contributed by atoms with Gasteiger partial charge >= 0.3 is 0 Å². The molecule has 0 fully saturated rings. The summed E-state index contributed by atoms with van der Waals surface area (Å²) in [6.45, 7) is 4.87. The van der Waals surface area contributed by atoms with Gasteiger partial charge in [0.1, 0.15) is 5.69 Å². The maximum Gasteiger partial charge on any atom is 0.293 e. The van der Waals surface area contributed by atoms with Gasteiger partial charge in [-0.25, -0.2) is 13.1 Å². The first kappa shape index (κ1) is 14.4. The van der Waals surface area contributed by atoms with Gasteiger partial charge in [-0.1, -0.05) is 0 Å². The fraction of sp³-hybridized carbons (Fsp3) is 0.400. The molecule has 0 aliphatic heterocycles. The lowest BCUT2D eigenvalue weighted by Gasteiger charge is -2.12. The molecule has 0 bridgehead atoms. The molecule has 7 nitrogen and oxygen atoms in total. The highest BCUT2D eigenvalue weighted by Gasteiger charge is 2.23. The lowest BCUT2D eigenvalue weighted by Crippen LogP contribution is -2.30. The summed E-state index contributed by atoms with van der Waals surface area (Å²) in [6, 6.07) is 1.97. The number of aryl methyl sites for hydroxylation is 1. The van der Waals surface area contributed by atoms with Crippen LogP contribution in [0.25, 0.3) is 0 Å². The molecule has 0 aliphatic rings. The minimum absolute atomic E-state index is 0.0546. The molecule has 0 saturated carbocycles. The van der Waals surface area contributed by atoms with E-state index in [9.17, 15) is 18.5 Å². The molecule has 3 N–H and O–H groups in total. The van der Waals surface area contributed by atoms with Crippen LogP contribution >= 0.6 is 0 Å². The molecule has 8 heteroatoms. The van der Waals surface area contributed by atoms with Crippen LogP contribution in [-0.4, -0.2) is 19.4 Å². The Morgan fingerprint density at radius 1 is 1.39 bits per heavy atom. The van der Waals surface area contributed by atoms with Crippen molar-refractivity contribution in [2.45, 2.75) is 31.7 Å². The second-order valence-electron chi connectivity index (χ2n) is 4.21. The molecule has 1 aromatic rings. The van der Waals surface area contributed by atoms with Gasteiger partial charge in [-0.15, -0.1) is 0 Å². The van der Waals surface area contributed by atoms with Crippen molar-refractivity contribution >= 4 is 21.4 Å². The second kappa shape index (κ2) is 4.91. The zero-order chi connectivity index (χ0) is 14.1. The highest BCUT2D eigenvalue weighted by molar-refractivity contribution is 7.89. The topological polar surface area (TPSA) is 115 Å². The number of nitrogens with two attached hydrogens (primary N) is 1. The fourth-order valence-corrected chi connectivity index (χ4v) is 3.02. The molecule has 0 heterocycles. The van der Waals surface area contributed by atoms with Crippen LogP contribution in [-0.2, 0) is 10.0 Å². The quantitative estimate of drug-likeness (QED) is 0.485. The summed E-state index contributed by atoms with van der Waals surface area (Å²) in [6.07, 6.45) is 0. The molecule has 0 aliphatic carbocycles. The number of anilines is 1. The number of rotatable bonds is 4. The van der Waals surface area contributed by atoms with Crippen molar-refractivity contribution in [1.29, 1.82) is 0 Å². The summed E-state index contributed by atoms with van der Waals surface area (Å²) in [7, 11) is -3.77. The molecular weight excluding hydrogens is 258 g/mol. The standard InChI is InChI=1S/C10H15N3O4S/c1-6(2)12-18(16,17)10-5-9(13(14)15)8(11)4-7(10)3/h4-6,12H,11H2,1-3H3. The summed E-state index contributed by atoms with van der Waals surface area (Å²) < 4.78 is 26.3. The van der Waals surface area contributed by atoms with Crippen molar-refractivity contribution in [3.8, 4) is 0 Å². The molecule has 0 aromatic heterocycles. The van der Waals surface area contributed by atoms with Gasteiger partial charge < -0.3 is 5.73 Å². The van der Waals surface area contributed by atoms with E-state index in [1.807, 2.05) is 0 Å². The summed E-state index contributed by atoms with van der Waals surface area (Å²) in [5.74, 6) is 0. The number of hydrogen-bond acceptors (Lipinski definition) is 5. The largest absolute Gasteiger partial charge is 0.393 e. The zero-order valence-electron chi connectivity index (χ0n) is 10.3. The zero-order valence-corrected chi connectivity index (χ0v) is 11.1. The smallest absolute Gasteiger partial charge is 0.293 e. The highest BCUT2D eigenvalue weighted by Crippen LogP contribution is 2.28. The Balaban J connectivity index is 3.42. The van der Waals surface area contributed by atoms with Gasteiger partial charge in [0.2, 0.25) is 10.0 Å². The summed E-state index contributed by atoms with van der Waals surface area (Å²) in [4.78, 5) is 9.91. The van der Waals surface area contributed by atoms with E-state index in [0.717, 1.165) is 6.07 Å². The van der Waals surface area contributed by atoms with Gasteiger partial charge in [0, 0.05) is 12.1 Å². The number of nitrogen functional groups attached to an aromatic ring is 1. The van der Waals surface area contributed by atoms with Gasteiger partial charge in [-0.2, -0.15) is 0 Å². The molecule has 0 saturated heterocycles. The van der Waals surface area contributed by atoms with E-state index in [0.29, 0.717) is 5.56 Å². The van der Waals surface area contributed by atoms with Crippen molar-refractivity contribution in [3.63, 3.8) is 0 Å². The van der Waals surface area contributed by atoms with Crippen LogP contribution in [0.1, 0.15) is 19.4 Å². The highest BCUT2D eigenvalue weighted by atomic mass is 32.2. The molecule has 0 unspecified atom stereocenters. The Hall–Kier alpha value is -1.67. The van der Waals surface area contributed by atoms with Crippen LogP contribution in [0.3, 0.4) is 0 Å². The lowest BCUT2D eigenvalue weighted by atomic mass is 10.2. The Morgan fingerprint density at radius 3 is 2.39 bits per heavy atom. The average Bonchev–Trinajstić information content (AvgIpc) is 2.13. The van der Waals surface area contributed by atoms with Gasteiger partial charge in [0.15, 0.2) is 0 Å². The SMILES string of the molecule is Cc1cc(N)c([N+](=O)[O-])cc1S(=O)(=O)NC(C)C. The maximum atomic E-state index is 12.0. The molecule has 18 heavy (non-hydrogen) atoms. The molecule has 1 aromatic carbocycles. The van der Waals surface area contributed by atoms with E-state index in [1.54, 1.807) is 13.8 Å². The summed E-state index contributed by atoms with van der Waals surface area (Å²) in [5, 5.41) is 10.7. The number of sulfonamides is 1. The molecular formula is C10H15N3O4S. The first-order valence-electron chi connectivity index (χ1n) is 5.22. The van der Waals surface area contributed by atoms with Crippen molar-refractivity contribution in [2.24, 2.45) is 0 Å². The fourth-order valence-electron chi connectivity index (χ4n) is 1.52. The predicted molar refractivity (Wildman–Crippen MR) is 67.7 cm³/mol. The molecule has 0 spiro atoms. The monoisotopic (exact) mass is 273 g/mol. The first-order valence-corrected chi connectivity index (χ1v) is 6.70. The molecule has 0 atom stereocenters. The Kier molecular flexibility index (Phi) is 3.92. The van der Waals surface area contributed by atoms with Crippen molar-refractivity contribution in [1.82, 2.24) is 4.72 Å². The van der Waals surface area contributed by atoms with Crippen LogP contribution in [0.2, 0.25) is 0 Å². The number of benzene rings is 1. The Morgan fingerprint density at radius 2 is 1.94 bits per heavy atom. The number of nitrogens with zero attached hydrogens (tertiary/aromatic N) is 1. The minimum Gasteiger partial charge on any atom is -0.393 e. The minimum atomic E-state index is -3.77. The van der Waals surface area contributed by atoms with E-state index >= 15 is 0 Å². The normalized spacial score (nSPS) is 11.8.